The Hall–Kier alpha value is -2.21. The molecule has 6 rings (SSSR count). The average molecular weight is 367 g/mol. The predicted octanol–water partition coefficient (Wildman–Crippen LogP) is 6.78. The molecule has 0 spiro atoms. The molecule has 0 radical (unpaired) electrons. The second-order valence-corrected chi connectivity index (χ2v) is 9.98. The molecular weight excluding hydrogens is 345 g/mol. The van der Waals surface area contributed by atoms with Gasteiger partial charge in [-0.15, -0.1) is 0 Å². The fourth-order valence-corrected chi connectivity index (χ4v) is 7.39. The Balaban J connectivity index is 1.72. The van der Waals surface area contributed by atoms with Crippen LogP contribution in [-0.2, 0) is 12.3 Å². The summed E-state index contributed by atoms with van der Waals surface area (Å²) in [6, 6.07) is 27.3. The molecule has 1 nitrogen and oxygen atoms in total. The van der Waals surface area contributed by atoms with E-state index in [2.05, 4.69) is 77.5 Å². The molecule has 0 unspecified atom stereocenters. The van der Waals surface area contributed by atoms with Gasteiger partial charge in [-0.3, -0.25) is 4.67 Å². The SMILES string of the molecule is c1ccc2c3c(ccc2c1)CP(N1CCC1)Cc1ccc2ccccc2c1-3. The third-order valence-electron chi connectivity index (χ3n) is 6.22. The zero-order chi connectivity index (χ0) is 17.8. The molecular formula is C25H22NP. The van der Waals surface area contributed by atoms with Crippen LogP contribution in [0.15, 0.2) is 72.8 Å². The van der Waals surface area contributed by atoms with Crippen molar-refractivity contribution in [3.05, 3.63) is 83.9 Å². The lowest BCUT2D eigenvalue weighted by atomic mass is 9.88. The molecule has 4 aromatic carbocycles. The van der Waals surface area contributed by atoms with Crippen LogP contribution in [-0.4, -0.2) is 17.8 Å². The summed E-state index contributed by atoms with van der Waals surface area (Å²) in [4.78, 5) is 0. The quantitative estimate of drug-likeness (QED) is 0.335. The van der Waals surface area contributed by atoms with Crippen LogP contribution in [0.2, 0.25) is 0 Å². The first-order valence-electron chi connectivity index (χ1n) is 9.90. The van der Waals surface area contributed by atoms with Crippen LogP contribution < -0.4 is 0 Å². The standard InChI is InChI=1S/C25H22NP/c1-3-8-22-18(6-1)10-12-20-16-27(26-14-5-15-26)17-21-13-11-19-7-2-4-9-23(19)25(21)24(20)22/h1-4,6-13H,5,14-17H2. The minimum atomic E-state index is -0.124. The molecule has 2 heteroatoms. The summed E-state index contributed by atoms with van der Waals surface area (Å²) in [6.45, 7) is 2.58. The van der Waals surface area contributed by atoms with Crippen LogP contribution in [0.5, 0.6) is 0 Å². The maximum Gasteiger partial charge on any atom is 0.00693 e. The lowest BCUT2D eigenvalue weighted by Crippen LogP contribution is -2.33. The highest BCUT2D eigenvalue weighted by atomic mass is 31.1. The van der Waals surface area contributed by atoms with Gasteiger partial charge in [0.15, 0.2) is 0 Å². The highest BCUT2D eigenvalue weighted by molar-refractivity contribution is 7.53. The fraction of sp³-hybridized carbons (Fsp3) is 0.200. The smallest absolute Gasteiger partial charge is 0.00693 e. The highest BCUT2D eigenvalue weighted by Crippen LogP contribution is 2.56. The van der Waals surface area contributed by atoms with Gasteiger partial charge in [0.1, 0.15) is 0 Å². The predicted molar refractivity (Wildman–Crippen MR) is 117 cm³/mol. The molecule has 0 aliphatic carbocycles. The first kappa shape index (κ1) is 15.8. The van der Waals surface area contributed by atoms with Crippen molar-refractivity contribution in [1.29, 1.82) is 0 Å². The third-order valence-corrected chi connectivity index (χ3v) is 8.83. The summed E-state index contributed by atoms with van der Waals surface area (Å²) in [5, 5.41) is 5.52. The molecule has 0 amide bonds. The van der Waals surface area contributed by atoms with Crippen LogP contribution in [0.1, 0.15) is 17.5 Å². The first-order chi connectivity index (χ1) is 13.4. The Morgan fingerprint density at radius 2 is 1.11 bits per heavy atom. The maximum absolute atomic E-state index is 2.75. The topological polar surface area (TPSA) is 3.24 Å². The summed E-state index contributed by atoms with van der Waals surface area (Å²) < 4.78 is 2.75. The van der Waals surface area contributed by atoms with Crippen molar-refractivity contribution in [3.63, 3.8) is 0 Å². The number of hydrogen-bond acceptors (Lipinski definition) is 1. The van der Waals surface area contributed by atoms with Crippen molar-refractivity contribution >= 4 is 29.6 Å². The van der Waals surface area contributed by atoms with Gasteiger partial charge in [0, 0.05) is 25.4 Å². The van der Waals surface area contributed by atoms with Gasteiger partial charge < -0.3 is 0 Å². The van der Waals surface area contributed by atoms with E-state index in [4.69, 9.17) is 0 Å². The van der Waals surface area contributed by atoms with E-state index in [1.54, 1.807) is 11.1 Å². The van der Waals surface area contributed by atoms with Crippen LogP contribution in [0.4, 0.5) is 0 Å². The maximum atomic E-state index is 2.75. The van der Waals surface area contributed by atoms with Crippen molar-refractivity contribution in [1.82, 2.24) is 4.67 Å². The minimum absolute atomic E-state index is 0.124. The van der Waals surface area contributed by atoms with Gasteiger partial charge >= 0.3 is 0 Å². The Morgan fingerprint density at radius 3 is 1.59 bits per heavy atom. The second kappa shape index (κ2) is 6.16. The Labute approximate surface area is 161 Å². The van der Waals surface area contributed by atoms with Gasteiger partial charge in [0.05, 0.1) is 0 Å². The van der Waals surface area contributed by atoms with Gasteiger partial charge in [-0.2, -0.15) is 0 Å². The van der Waals surface area contributed by atoms with E-state index >= 15 is 0 Å². The zero-order valence-electron chi connectivity index (χ0n) is 15.4. The van der Waals surface area contributed by atoms with Crippen molar-refractivity contribution < 1.29 is 0 Å². The first-order valence-corrected chi connectivity index (χ1v) is 11.6. The minimum Gasteiger partial charge on any atom is -0.281 e. The Bertz CT molecular complexity index is 1090. The highest BCUT2D eigenvalue weighted by Gasteiger charge is 2.30. The number of rotatable bonds is 1. The summed E-state index contributed by atoms with van der Waals surface area (Å²) in [7, 11) is -0.124. The molecule has 0 saturated carbocycles. The summed E-state index contributed by atoms with van der Waals surface area (Å²) in [6.07, 6.45) is 3.81. The number of hydrogen-bond donors (Lipinski definition) is 0. The van der Waals surface area contributed by atoms with Gasteiger partial charge in [-0.25, -0.2) is 0 Å². The molecule has 0 bridgehead atoms. The van der Waals surface area contributed by atoms with Gasteiger partial charge in [0.2, 0.25) is 0 Å². The van der Waals surface area contributed by atoms with Gasteiger partial charge in [-0.05, 0) is 58.3 Å². The molecule has 27 heavy (non-hydrogen) atoms. The van der Waals surface area contributed by atoms with Crippen molar-refractivity contribution in [2.45, 2.75) is 18.7 Å². The lowest BCUT2D eigenvalue weighted by Gasteiger charge is -2.38. The van der Waals surface area contributed by atoms with Crippen LogP contribution in [0, 0.1) is 0 Å². The Morgan fingerprint density at radius 1 is 0.593 bits per heavy atom. The van der Waals surface area contributed by atoms with Gasteiger partial charge in [-0.1, -0.05) is 72.8 Å². The summed E-state index contributed by atoms with van der Waals surface area (Å²) in [5.41, 5.74) is 6.07. The van der Waals surface area contributed by atoms with Crippen molar-refractivity contribution in [2.75, 3.05) is 13.1 Å². The van der Waals surface area contributed by atoms with E-state index in [1.807, 2.05) is 0 Å². The molecule has 2 heterocycles. The van der Waals surface area contributed by atoms with E-state index in [0.717, 1.165) is 0 Å². The van der Waals surface area contributed by atoms with Crippen molar-refractivity contribution in [3.8, 4) is 11.1 Å². The van der Waals surface area contributed by atoms with E-state index < -0.39 is 0 Å². The molecule has 1 fully saturated rings. The zero-order valence-corrected chi connectivity index (χ0v) is 16.3. The van der Waals surface area contributed by atoms with E-state index in [9.17, 15) is 0 Å². The molecule has 0 N–H and O–H groups in total. The van der Waals surface area contributed by atoms with E-state index in [1.165, 1.54) is 64.5 Å². The fourth-order valence-electron chi connectivity index (χ4n) is 4.72. The molecule has 0 aromatic heterocycles. The average Bonchev–Trinajstić information content (AvgIpc) is 2.83. The number of benzene rings is 4. The summed E-state index contributed by atoms with van der Waals surface area (Å²) in [5.74, 6) is 0. The number of fused-ring (bicyclic) bond motifs is 7. The lowest BCUT2D eigenvalue weighted by molar-refractivity contribution is 0.329. The summed E-state index contributed by atoms with van der Waals surface area (Å²) >= 11 is 0. The molecule has 4 aromatic rings. The van der Waals surface area contributed by atoms with Crippen LogP contribution in [0.3, 0.4) is 0 Å². The van der Waals surface area contributed by atoms with E-state index in [-0.39, 0.29) is 8.07 Å². The number of nitrogens with zero attached hydrogens (tertiary/aromatic N) is 1. The molecule has 2 aliphatic heterocycles. The van der Waals surface area contributed by atoms with Crippen molar-refractivity contribution in [2.24, 2.45) is 0 Å². The largest absolute Gasteiger partial charge is 0.281 e. The van der Waals surface area contributed by atoms with E-state index in [0.29, 0.717) is 0 Å². The van der Waals surface area contributed by atoms with Crippen LogP contribution in [0.25, 0.3) is 32.7 Å². The Kier molecular flexibility index (Phi) is 3.61. The molecule has 2 aliphatic rings. The molecule has 0 atom stereocenters. The second-order valence-electron chi connectivity index (χ2n) is 7.77. The normalized spacial score (nSPS) is 17.3. The third kappa shape index (κ3) is 2.46. The molecule has 132 valence electrons. The van der Waals surface area contributed by atoms with Crippen LogP contribution >= 0.6 is 8.07 Å². The molecule has 1 saturated heterocycles. The van der Waals surface area contributed by atoms with Gasteiger partial charge in [0.25, 0.3) is 0 Å². The monoisotopic (exact) mass is 367 g/mol.